The lowest BCUT2D eigenvalue weighted by Gasteiger charge is -2.13. The first-order valence-electron chi connectivity index (χ1n) is 8.74. The molecule has 0 amide bonds. The predicted molar refractivity (Wildman–Crippen MR) is 109 cm³/mol. The Bertz CT molecular complexity index is 947. The minimum absolute atomic E-state index is 0.886. The Morgan fingerprint density at radius 2 is 0.923 bits per heavy atom. The molecule has 0 saturated carbocycles. The van der Waals surface area contributed by atoms with Gasteiger partial charge in [0.2, 0.25) is 0 Å². The van der Waals surface area contributed by atoms with Gasteiger partial charge in [-0.3, -0.25) is 0 Å². The van der Waals surface area contributed by atoms with Crippen LogP contribution in [0.4, 0.5) is 0 Å². The quantitative estimate of drug-likeness (QED) is 0.403. The first kappa shape index (κ1) is 16.2. The molecule has 1 nitrogen and oxygen atoms in total. The molecule has 4 rings (SSSR count). The minimum atomic E-state index is 0.886. The van der Waals surface area contributed by atoms with Crippen molar-refractivity contribution in [1.82, 2.24) is 0 Å². The van der Waals surface area contributed by atoms with Crippen LogP contribution in [-0.2, 0) is 0 Å². The van der Waals surface area contributed by atoms with Crippen molar-refractivity contribution >= 4 is 0 Å². The highest BCUT2D eigenvalue weighted by Gasteiger charge is 2.10. The number of hydrogen-bond donors (Lipinski definition) is 0. The summed E-state index contributed by atoms with van der Waals surface area (Å²) in [6.45, 7) is 0. The maximum atomic E-state index is 5.59. The first-order valence-corrected chi connectivity index (χ1v) is 8.74. The van der Waals surface area contributed by atoms with Crippen molar-refractivity contribution in [2.75, 3.05) is 7.11 Å². The van der Waals surface area contributed by atoms with Gasteiger partial charge >= 0.3 is 0 Å². The molecule has 0 saturated heterocycles. The van der Waals surface area contributed by atoms with Gasteiger partial charge in [-0.25, -0.2) is 0 Å². The van der Waals surface area contributed by atoms with Crippen LogP contribution in [0.3, 0.4) is 0 Å². The average molecular weight is 336 g/mol. The van der Waals surface area contributed by atoms with Crippen molar-refractivity contribution in [2.45, 2.75) is 0 Å². The van der Waals surface area contributed by atoms with Crippen LogP contribution in [0.2, 0.25) is 0 Å². The number of benzene rings is 4. The molecule has 126 valence electrons. The van der Waals surface area contributed by atoms with Crippen LogP contribution < -0.4 is 4.74 Å². The summed E-state index contributed by atoms with van der Waals surface area (Å²) in [6, 6.07) is 35.9. The van der Waals surface area contributed by atoms with Crippen molar-refractivity contribution in [1.29, 1.82) is 0 Å². The lowest BCUT2D eigenvalue weighted by molar-refractivity contribution is 0.416. The molecule has 0 aromatic heterocycles. The van der Waals surface area contributed by atoms with Gasteiger partial charge in [-0.1, -0.05) is 78.9 Å². The van der Waals surface area contributed by atoms with Crippen molar-refractivity contribution in [3.05, 3.63) is 103 Å². The van der Waals surface area contributed by atoms with Gasteiger partial charge in [0.15, 0.2) is 0 Å². The number of para-hydroxylation sites is 1. The molecule has 0 atom stereocenters. The zero-order valence-electron chi connectivity index (χ0n) is 14.7. The average Bonchev–Trinajstić information content (AvgIpc) is 2.74. The Labute approximate surface area is 154 Å². The highest BCUT2D eigenvalue weighted by Crippen LogP contribution is 2.36. The second-order valence-corrected chi connectivity index (χ2v) is 6.23. The normalized spacial score (nSPS) is 10.5. The summed E-state index contributed by atoms with van der Waals surface area (Å²) in [4.78, 5) is 0. The van der Waals surface area contributed by atoms with Gasteiger partial charge in [0.1, 0.15) is 5.75 Å². The molecule has 0 aliphatic heterocycles. The Balaban J connectivity index is 1.94. The van der Waals surface area contributed by atoms with Crippen LogP contribution in [0.25, 0.3) is 33.4 Å². The second-order valence-electron chi connectivity index (χ2n) is 6.23. The van der Waals surface area contributed by atoms with Crippen LogP contribution >= 0.6 is 0 Å². The molecule has 4 aromatic carbocycles. The minimum Gasteiger partial charge on any atom is -0.496 e. The number of hydrogen-bond acceptors (Lipinski definition) is 1. The van der Waals surface area contributed by atoms with Crippen LogP contribution in [0.5, 0.6) is 5.75 Å². The third-order valence-corrected chi connectivity index (χ3v) is 4.57. The summed E-state index contributed by atoms with van der Waals surface area (Å²) in [5, 5.41) is 0. The molecular weight excluding hydrogens is 316 g/mol. The van der Waals surface area contributed by atoms with E-state index in [-0.39, 0.29) is 0 Å². The Morgan fingerprint density at radius 1 is 0.462 bits per heavy atom. The van der Waals surface area contributed by atoms with Crippen LogP contribution in [0.1, 0.15) is 0 Å². The van der Waals surface area contributed by atoms with Gasteiger partial charge < -0.3 is 4.74 Å². The molecule has 0 N–H and O–H groups in total. The van der Waals surface area contributed by atoms with E-state index in [9.17, 15) is 0 Å². The number of methoxy groups -OCH3 is 1. The molecule has 1 heteroatoms. The van der Waals surface area contributed by atoms with Crippen molar-refractivity contribution in [2.24, 2.45) is 0 Å². The van der Waals surface area contributed by atoms with E-state index >= 15 is 0 Å². The monoisotopic (exact) mass is 336 g/mol. The van der Waals surface area contributed by atoms with Crippen molar-refractivity contribution in [3.63, 3.8) is 0 Å². The Hall–Kier alpha value is -3.32. The van der Waals surface area contributed by atoms with E-state index in [1.807, 2.05) is 24.3 Å². The number of rotatable bonds is 4. The van der Waals surface area contributed by atoms with Crippen LogP contribution in [-0.4, -0.2) is 7.11 Å². The maximum absolute atomic E-state index is 5.59. The van der Waals surface area contributed by atoms with Crippen molar-refractivity contribution < 1.29 is 4.74 Å². The van der Waals surface area contributed by atoms with Gasteiger partial charge in [-0.15, -0.1) is 0 Å². The van der Waals surface area contributed by atoms with Crippen LogP contribution in [0, 0.1) is 0 Å². The smallest absolute Gasteiger partial charge is 0.126 e. The van der Waals surface area contributed by atoms with E-state index in [0.29, 0.717) is 0 Å². The van der Waals surface area contributed by atoms with E-state index in [1.165, 1.54) is 22.3 Å². The highest BCUT2D eigenvalue weighted by atomic mass is 16.5. The predicted octanol–water partition coefficient (Wildman–Crippen LogP) is 6.70. The van der Waals surface area contributed by atoms with Gasteiger partial charge in [0, 0.05) is 5.56 Å². The summed E-state index contributed by atoms with van der Waals surface area (Å²) in [7, 11) is 1.72. The van der Waals surface area contributed by atoms with Gasteiger partial charge in [0.25, 0.3) is 0 Å². The van der Waals surface area contributed by atoms with Crippen LogP contribution in [0.15, 0.2) is 103 Å². The lowest BCUT2D eigenvalue weighted by atomic mass is 9.93. The summed E-state index contributed by atoms with van der Waals surface area (Å²) >= 11 is 0. The third-order valence-electron chi connectivity index (χ3n) is 4.57. The molecule has 0 bridgehead atoms. The first-order chi connectivity index (χ1) is 12.8. The molecule has 0 fully saturated rings. The molecular formula is C25H20O. The molecule has 0 aliphatic carbocycles. The van der Waals surface area contributed by atoms with E-state index in [1.54, 1.807) is 7.11 Å². The molecule has 0 aliphatic rings. The summed E-state index contributed by atoms with van der Waals surface area (Å²) in [5.74, 6) is 0.886. The number of ether oxygens (including phenoxy) is 1. The largest absolute Gasteiger partial charge is 0.496 e. The molecule has 0 heterocycles. The molecule has 4 aromatic rings. The Kier molecular flexibility index (Phi) is 4.53. The fourth-order valence-electron chi connectivity index (χ4n) is 3.26. The van der Waals surface area contributed by atoms with E-state index in [0.717, 1.165) is 16.9 Å². The van der Waals surface area contributed by atoms with E-state index < -0.39 is 0 Å². The topological polar surface area (TPSA) is 9.23 Å². The second kappa shape index (κ2) is 7.28. The fraction of sp³-hybridized carbons (Fsp3) is 0.0400. The maximum Gasteiger partial charge on any atom is 0.126 e. The molecule has 0 spiro atoms. The third kappa shape index (κ3) is 3.25. The van der Waals surface area contributed by atoms with Gasteiger partial charge in [0.05, 0.1) is 7.11 Å². The summed E-state index contributed by atoms with van der Waals surface area (Å²) < 4.78 is 5.59. The standard InChI is InChI=1S/C25H20O/c1-26-25-15-9-8-14-24(25)23-17-21(19-10-4-2-5-11-19)16-22(18-23)20-12-6-3-7-13-20/h2-18H,1H3. The zero-order chi connectivity index (χ0) is 17.8. The van der Waals surface area contributed by atoms with Crippen molar-refractivity contribution in [3.8, 4) is 39.1 Å². The summed E-state index contributed by atoms with van der Waals surface area (Å²) in [5.41, 5.74) is 7.08. The highest BCUT2D eigenvalue weighted by molar-refractivity contribution is 5.83. The lowest BCUT2D eigenvalue weighted by Crippen LogP contribution is -1.89. The Morgan fingerprint density at radius 3 is 1.46 bits per heavy atom. The SMILES string of the molecule is COc1ccccc1-c1cc(-c2ccccc2)cc(-c2ccccc2)c1. The van der Waals surface area contributed by atoms with E-state index in [2.05, 4.69) is 78.9 Å². The van der Waals surface area contributed by atoms with Gasteiger partial charge in [-0.05, 0) is 52.1 Å². The fourth-order valence-corrected chi connectivity index (χ4v) is 3.26. The molecule has 0 unspecified atom stereocenters. The molecule has 0 radical (unpaired) electrons. The zero-order valence-corrected chi connectivity index (χ0v) is 14.7. The van der Waals surface area contributed by atoms with Gasteiger partial charge in [-0.2, -0.15) is 0 Å². The van der Waals surface area contributed by atoms with E-state index in [4.69, 9.17) is 4.74 Å². The molecule has 26 heavy (non-hydrogen) atoms. The summed E-state index contributed by atoms with van der Waals surface area (Å²) in [6.07, 6.45) is 0.